The van der Waals surface area contributed by atoms with Crippen LogP contribution in [0.15, 0.2) is 24.3 Å². The predicted octanol–water partition coefficient (Wildman–Crippen LogP) is -1.90. The molecule has 10 heteroatoms. The Morgan fingerprint density at radius 3 is 1.89 bits per heavy atom. The van der Waals surface area contributed by atoms with E-state index in [9.17, 15) is 19.5 Å². The fraction of sp³-hybridized carbons (Fsp3) is 0.556. The summed E-state index contributed by atoms with van der Waals surface area (Å²) in [6, 6.07) is 0. The summed E-state index contributed by atoms with van der Waals surface area (Å²) in [4.78, 5) is 32.5. The van der Waals surface area contributed by atoms with Crippen molar-refractivity contribution >= 4 is 41.0 Å². The minimum atomic E-state index is -1.17. The van der Waals surface area contributed by atoms with Gasteiger partial charge in [0.25, 0.3) is 0 Å². The second-order valence-corrected chi connectivity index (χ2v) is 6.19. The van der Waals surface area contributed by atoms with Crippen LogP contribution in [0.3, 0.4) is 0 Å². The van der Waals surface area contributed by atoms with E-state index in [1.54, 1.807) is 20.8 Å². The van der Waals surface area contributed by atoms with Gasteiger partial charge >= 0.3 is 41.0 Å². The van der Waals surface area contributed by atoms with E-state index in [2.05, 4.69) is 17.9 Å². The Morgan fingerprint density at radius 1 is 1.11 bits per heavy atom. The molecule has 0 radical (unpaired) electrons. The van der Waals surface area contributed by atoms with E-state index in [0.717, 1.165) is 0 Å². The van der Waals surface area contributed by atoms with Gasteiger partial charge in [0.2, 0.25) is 0 Å². The van der Waals surface area contributed by atoms with E-state index in [-0.39, 0.29) is 74.6 Å². The summed E-state index contributed by atoms with van der Waals surface area (Å²) in [5.74, 6) is -2.40. The summed E-state index contributed by atoms with van der Waals surface area (Å²) in [6.45, 7) is 12.0. The van der Waals surface area contributed by atoms with Gasteiger partial charge in [-0.15, -0.1) is 0 Å². The molecule has 2 aliphatic heterocycles. The first-order valence-electron chi connectivity index (χ1n) is 7.75. The molecule has 0 spiro atoms. The van der Waals surface area contributed by atoms with Crippen LogP contribution in [0.2, 0.25) is 0 Å². The zero-order chi connectivity index (χ0) is 19.2. The minimum absolute atomic E-state index is 0. The Labute approximate surface area is 188 Å². The van der Waals surface area contributed by atoms with Crippen molar-refractivity contribution in [1.29, 1.82) is 0 Å². The maximum atomic E-state index is 11.1. The Bertz CT molecular complexity index is 576. The first-order valence-corrected chi connectivity index (χ1v) is 7.75. The molecule has 3 atom stereocenters. The van der Waals surface area contributed by atoms with Gasteiger partial charge < -0.3 is 43.9 Å². The molecular formula is C18H27ClMgO8. The largest absolute Gasteiger partial charge is 2.00 e. The van der Waals surface area contributed by atoms with Crippen molar-refractivity contribution in [2.24, 2.45) is 0 Å². The molecule has 2 heterocycles. The molecule has 0 amide bonds. The smallest absolute Gasteiger partial charge is 1.00 e. The number of ether oxygens (including phenoxy) is 4. The second kappa shape index (κ2) is 13.9. The number of halogens is 1. The summed E-state index contributed by atoms with van der Waals surface area (Å²) in [7, 11) is 0. The van der Waals surface area contributed by atoms with Crippen LogP contribution in [0.1, 0.15) is 33.6 Å². The number of carbonyl (C=O) groups is 3. The van der Waals surface area contributed by atoms with Crippen LogP contribution in [-0.2, 0) is 33.3 Å². The van der Waals surface area contributed by atoms with Gasteiger partial charge in [0.1, 0.15) is 18.8 Å². The van der Waals surface area contributed by atoms with Crippen LogP contribution in [0, 0.1) is 7.43 Å². The van der Waals surface area contributed by atoms with Crippen LogP contribution in [0.4, 0.5) is 0 Å². The van der Waals surface area contributed by atoms with Gasteiger partial charge in [0.05, 0.1) is 13.0 Å². The van der Waals surface area contributed by atoms with Crippen LogP contribution in [-0.4, -0.2) is 77.3 Å². The Hall–Kier alpha value is -1.13. The average Bonchev–Trinajstić information content (AvgIpc) is 3.04. The maximum Gasteiger partial charge on any atom is 2.00 e. The third kappa shape index (κ3) is 11.7. The normalized spacial score (nSPS) is 24.6. The molecule has 2 rings (SSSR count). The molecule has 2 aliphatic rings. The predicted molar refractivity (Wildman–Crippen MR) is 98.3 cm³/mol. The van der Waals surface area contributed by atoms with Crippen molar-refractivity contribution < 1.29 is 50.8 Å². The summed E-state index contributed by atoms with van der Waals surface area (Å²) < 4.78 is 19.4. The van der Waals surface area contributed by atoms with Crippen molar-refractivity contribution in [3.63, 3.8) is 0 Å². The molecule has 0 bridgehead atoms. The maximum absolute atomic E-state index is 11.1. The molecule has 28 heavy (non-hydrogen) atoms. The summed E-state index contributed by atoms with van der Waals surface area (Å²) in [5, 5.41) is 9.38. The molecule has 2 saturated heterocycles. The van der Waals surface area contributed by atoms with Gasteiger partial charge in [-0.2, -0.15) is 0 Å². The number of esters is 3. The van der Waals surface area contributed by atoms with Gasteiger partial charge in [-0.1, -0.05) is 13.2 Å². The van der Waals surface area contributed by atoms with Crippen molar-refractivity contribution in [2.75, 3.05) is 13.2 Å². The fourth-order valence-corrected chi connectivity index (χ4v) is 1.96. The topological polar surface area (TPSA) is 108 Å². The van der Waals surface area contributed by atoms with Gasteiger partial charge in [-0.05, 0) is 20.8 Å². The average molecular weight is 431 g/mol. The molecule has 0 saturated carbocycles. The molecule has 0 aromatic carbocycles. The zero-order valence-corrected chi connectivity index (χ0v) is 19.0. The summed E-state index contributed by atoms with van der Waals surface area (Å²) in [6.07, 6.45) is -0.328. The van der Waals surface area contributed by atoms with Crippen molar-refractivity contribution in [3.8, 4) is 0 Å². The molecule has 156 valence electrons. The van der Waals surface area contributed by atoms with Crippen LogP contribution in [0.25, 0.3) is 0 Å². The number of rotatable bonds is 4. The standard InChI is InChI=1S/C9H14O4.C8H10O4.CH3.ClH.Mg/c1-6(2)8(10)13-7-4-9(3,11)12-5-7;1-5(2)8(10)12-6-3-7(9)11-4-6;;;/h7,11H,1,4-5H2,2-3H3;6H,1,3-4H2,2H3;1H3;1H;/q;;-1;;+2/p-1. The van der Waals surface area contributed by atoms with E-state index in [1.165, 1.54) is 0 Å². The second-order valence-electron chi connectivity index (χ2n) is 6.19. The van der Waals surface area contributed by atoms with Crippen molar-refractivity contribution in [3.05, 3.63) is 31.7 Å². The quantitative estimate of drug-likeness (QED) is 0.181. The number of hydrogen-bond donors (Lipinski definition) is 1. The van der Waals surface area contributed by atoms with Gasteiger partial charge in [0.15, 0.2) is 5.79 Å². The Morgan fingerprint density at radius 2 is 1.57 bits per heavy atom. The minimum Gasteiger partial charge on any atom is -1.00 e. The SMILES string of the molecule is C=C(C)C(=O)OC1COC(=O)C1.C=C(C)C(=O)OC1COC(C)(O)C1.[CH3-].[Cl-].[Mg+2]. The molecular weight excluding hydrogens is 404 g/mol. The van der Waals surface area contributed by atoms with E-state index in [0.29, 0.717) is 17.6 Å². The van der Waals surface area contributed by atoms with Gasteiger partial charge in [-0.25, -0.2) is 9.59 Å². The Balaban J connectivity index is -0.000000404. The first kappa shape index (κ1) is 31.6. The van der Waals surface area contributed by atoms with E-state index >= 15 is 0 Å². The van der Waals surface area contributed by atoms with Crippen LogP contribution >= 0.6 is 0 Å². The molecule has 8 nitrogen and oxygen atoms in total. The number of aliphatic hydroxyl groups is 1. The number of carbonyl (C=O) groups excluding carboxylic acids is 3. The first-order chi connectivity index (χ1) is 11.5. The molecule has 0 aromatic heterocycles. The number of cyclic esters (lactones) is 1. The van der Waals surface area contributed by atoms with Crippen LogP contribution in [0.5, 0.6) is 0 Å². The molecule has 3 unspecified atom stereocenters. The monoisotopic (exact) mass is 430 g/mol. The zero-order valence-electron chi connectivity index (χ0n) is 16.8. The molecule has 0 aromatic rings. The number of hydrogen-bond acceptors (Lipinski definition) is 8. The molecule has 0 aliphatic carbocycles. The molecule has 2 fully saturated rings. The van der Waals surface area contributed by atoms with Crippen LogP contribution < -0.4 is 12.4 Å². The van der Waals surface area contributed by atoms with Gasteiger partial charge in [0, 0.05) is 17.6 Å². The fourth-order valence-electron chi connectivity index (χ4n) is 1.96. The summed E-state index contributed by atoms with van der Waals surface area (Å²) >= 11 is 0. The third-order valence-corrected chi connectivity index (χ3v) is 3.26. The van der Waals surface area contributed by atoms with Crippen molar-refractivity contribution in [2.45, 2.75) is 51.6 Å². The molecule has 1 N–H and O–H groups in total. The van der Waals surface area contributed by atoms with Crippen molar-refractivity contribution in [1.82, 2.24) is 0 Å². The Kier molecular flexibility index (Phi) is 15.7. The van der Waals surface area contributed by atoms with E-state index < -0.39 is 23.8 Å². The van der Waals surface area contributed by atoms with E-state index in [4.69, 9.17) is 14.2 Å². The van der Waals surface area contributed by atoms with Gasteiger partial charge in [-0.3, -0.25) is 4.79 Å². The summed E-state index contributed by atoms with van der Waals surface area (Å²) in [5.41, 5.74) is 0.681. The van der Waals surface area contributed by atoms with E-state index in [1.807, 2.05) is 0 Å². The third-order valence-electron chi connectivity index (χ3n) is 3.26.